The Balaban J connectivity index is 2.24. The molecule has 0 bridgehead atoms. The fourth-order valence-corrected chi connectivity index (χ4v) is 2.01. The van der Waals surface area contributed by atoms with E-state index in [1.165, 1.54) is 0 Å². The van der Waals surface area contributed by atoms with Crippen LogP contribution in [0.2, 0.25) is 0 Å². The summed E-state index contributed by atoms with van der Waals surface area (Å²) in [4.78, 5) is 0. The van der Waals surface area contributed by atoms with E-state index in [-0.39, 0.29) is 25.2 Å². The molecule has 0 amide bonds. The van der Waals surface area contributed by atoms with E-state index in [2.05, 4.69) is 13.8 Å². The first-order valence-corrected chi connectivity index (χ1v) is 5.00. The van der Waals surface area contributed by atoms with Crippen molar-refractivity contribution < 1.29 is 14.6 Å². The highest BCUT2D eigenvalue weighted by atomic mass is 16.7. The second kappa shape index (κ2) is 3.65. The van der Waals surface area contributed by atoms with Crippen molar-refractivity contribution in [2.75, 3.05) is 13.4 Å². The molecule has 0 aromatic carbocycles. The van der Waals surface area contributed by atoms with Crippen LogP contribution in [0.4, 0.5) is 0 Å². The number of hydrogen-bond donors (Lipinski definition) is 0. The zero-order valence-corrected chi connectivity index (χ0v) is 8.53. The molecule has 1 heterocycles. The molecule has 2 aliphatic rings. The minimum atomic E-state index is -0.0838. The second-order valence-electron chi connectivity index (χ2n) is 4.12. The fourth-order valence-electron chi connectivity index (χ4n) is 2.01. The van der Waals surface area contributed by atoms with Crippen molar-refractivity contribution in [1.29, 1.82) is 0 Å². The highest BCUT2D eigenvalue weighted by Gasteiger charge is 2.29. The van der Waals surface area contributed by atoms with Gasteiger partial charge in [-0.15, -0.1) is 6.61 Å². The summed E-state index contributed by atoms with van der Waals surface area (Å²) in [6.45, 7) is 4.45. The van der Waals surface area contributed by atoms with Crippen molar-refractivity contribution in [3.63, 3.8) is 0 Å². The van der Waals surface area contributed by atoms with E-state index in [4.69, 9.17) is 9.47 Å². The highest BCUT2D eigenvalue weighted by molar-refractivity contribution is 5.29. The number of hydrogen-bond acceptors (Lipinski definition) is 3. The molecule has 1 aliphatic heterocycles. The average Bonchev–Trinajstić information content (AvgIpc) is 2.62. The molecule has 0 N–H and O–H groups in total. The molecular formula is C11H15O3-. The maximum atomic E-state index is 11.0. The smallest absolute Gasteiger partial charge is 0.231 e. The Kier molecular flexibility index (Phi) is 2.50. The lowest BCUT2D eigenvalue weighted by atomic mass is 9.80. The molecule has 3 heteroatoms. The Morgan fingerprint density at radius 3 is 2.57 bits per heavy atom. The van der Waals surface area contributed by atoms with Crippen LogP contribution in [0.25, 0.3) is 0 Å². The molecular weight excluding hydrogens is 180 g/mol. The number of rotatable bonds is 2. The zero-order valence-electron chi connectivity index (χ0n) is 8.53. The van der Waals surface area contributed by atoms with Gasteiger partial charge in [0.05, 0.1) is 0 Å². The van der Waals surface area contributed by atoms with Gasteiger partial charge in [-0.25, -0.2) is 0 Å². The van der Waals surface area contributed by atoms with Gasteiger partial charge in [-0.2, -0.15) is 0 Å². The summed E-state index contributed by atoms with van der Waals surface area (Å²) in [5.41, 5.74) is 0. The van der Waals surface area contributed by atoms with Crippen LogP contribution in [-0.2, 0) is 9.47 Å². The van der Waals surface area contributed by atoms with Crippen LogP contribution >= 0.6 is 0 Å². The highest BCUT2D eigenvalue weighted by Crippen LogP contribution is 2.35. The van der Waals surface area contributed by atoms with Gasteiger partial charge in [0.25, 0.3) is 0 Å². The minimum Gasteiger partial charge on any atom is -0.854 e. The van der Waals surface area contributed by atoms with Crippen molar-refractivity contribution in [1.82, 2.24) is 0 Å². The molecule has 78 valence electrons. The van der Waals surface area contributed by atoms with Gasteiger partial charge < -0.3 is 14.6 Å². The van der Waals surface area contributed by atoms with Gasteiger partial charge in [0.1, 0.15) is 0 Å². The number of ether oxygens (including phenoxy) is 2. The molecule has 1 fully saturated rings. The van der Waals surface area contributed by atoms with Crippen LogP contribution in [0, 0.1) is 17.8 Å². The Morgan fingerprint density at radius 2 is 2.00 bits per heavy atom. The summed E-state index contributed by atoms with van der Waals surface area (Å²) in [5, 5.41) is 11.0. The topological polar surface area (TPSA) is 41.5 Å². The van der Waals surface area contributed by atoms with Crippen LogP contribution in [0.3, 0.4) is 0 Å². The van der Waals surface area contributed by atoms with E-state index in [1.54, 1.807) is 0 Å². The summed E-state index contributed by atoms with van der Waals surface area (Å²) < 4.78 is 10.5. The van der Waals surface area contributed by atoms with Crippen LogP contribution in [0.5, 0.6) is 0 Å². The van der Waals surface area contributed by atoms with Gasteiger partial charge in [0, 0.05) is 0 Å². The molecule has 14 heavy (non-hydrogen) atoms. The molecule has 0 radical (unpaired) electrons. The Bertz CT molecular complexity index is 278. The predicted molar refractivity (Wildman–Crippen MR) is 49.9 cm³/mol. The van der Waals surface area contributed by atoms with Crippen molar-refractivity contribution in [3.05, 3.63) is 23.7 Å². The standard InChI is InChI=1S/C11H15O3/c1-7(2)9-4-11-10(13-6-14-11)3-8(9)5-12/h3-4,7-9H,5-6H2,1-2H3/q-1. The summed E-state index contributed by atoms with van der Waals surface area (Å²) in [7, 11) is 0. The molecule has 3 nitrogen and oxygen atoms in total. The maximum Gasteiger partial charge on any atom is 0.231 e. The van der Waals surface area contributed by atoms with E-state index >= 15 is 0 Å². The Morgan fingerprint density at radius 1 is 1.36 bits per heavy atom. The monoisotopic (exact) mass is 195 g/mol. The molecule has 1 saturated heterocycles. The first-order chi connectivity index (χ1) is 6.72. The number of allylic oxidation sites excluding steroid dienone is 1. The second-order valence-corrected chi connectivity index (χ2v) is 4.12. The molecule has 1 aliphatic carbocycles. The third kappa shape index (κ3) is 1.52. The quantitative estimate of drug-likeness (QED) is 0.660. The lowest BCUT2D eigenvalue weighted by Gasteiger charge is -2.30. The average molecular weight is 195 g/mol. The Hall–Kier alpha value is -0.960. The molecule has 2 atom stereocenters. The fraction of sp³-hybridized carbons (Fsp3) is 0.636. The first kappa shape index (κ1) is 9.59. The van der Waals surface area contributed by atoms with Crippen LogP contribution < -0.4 is 5.11 Å². The maximum absolute atomic E-state index is 11.0. The van der Waals surface area contributed by atoms with Crippen LogP contribution in [0.15, 0.2) is 23.7 Å². The lowest BCUT2D eigenvalue weighted by molar-refractivity contribution is -0.378. The van der Waals surface area contributed by atoms with Crippen molar-refractivity contribution in [2.45, 2.75) is 13.8 Å². The summed E-state index contributed by atoms with van der Waals surface area (Å²) in [6.07, 6.45) is 3.95. The summed E-state index contributed by atoms with van der Waals surface area (Å²) in [6, 6.07) is 0. The van der Waals surface area contributed by atoms with Crippen molar-refractivity contribution in [3.8, 4) is 0 Å². The van der Waals surface area contributed by atoms with E-state index in [1.807, 2.05) is 12.2 Å². The summed E-state index contributed by atoms with van der Waals surface area (Å²) in [5.74, 6) is 2.36. The van der Waals surface area contributed by atoms with Crippen molar-refractivity contribution >= 4 is 0 Å². The van der Waals surface area contributed by atoms with E-state index in [9.17, 15) is 5.11 Å². The third-order valence-electron chi connectivity index (χ3n) is 2.84. The molecule has 0 saturated carbocycles. The number of fused-ring (bicyclic) bond motifs is 1. The molecule has 2 rings (SSSR count). The van der Waals surface area contributed by atoms with Gasteiger partial charge in [-0.1, -0.05) is 13.8 Å². The predicted octanol–water partition coefficient (Wildman–Crippen LogP) is 1.02. The normalized spacial score (nSPS) is 30.3. The molecule has 0 spiro atoms. The Labute approximate surface area is 84.0 Å². The SMILES string of the molecule is CC(C)C1C=C2OCOC2=CC1C[O-]. The van der Waals surface area contributed by atoms with Crippen LogP contribution in [0.1, 0.15) is 13.8 Å². The summed E-state index contributed by atoms with van der Waals surface area (Å²) >= 11 is 0. The lowest BCUT2D eigenvalue weighted by Crippen LogP contribution is -2.29. The third-order valence-corrected chi connectivity index (χ3v) is 2.84. The largest absolute Gasteiger partial charge is 0.854 e. The molecule has 2 unspecified atom stereocenters. The van der Waals surface area contributed by atoms with Crippen LogP contribution in [-0.4, -0.2) is 13.4 Å². The van der Waals surface area contributed by atoms with E-state index in [0.29, 0.717) is 5.92 Å². The van der Waals surface area contributed by atoms with E-state index < -0.39 is 0 Å². The minimum absolute atomic E-state index is 0.0513. The van der Waals surface area contributed by atoms with Gasteiger partial charge in [-0.3, -0.25) is 0 Å². The van der Waals surface area contributed by atoms with Gasteiger partial charge in [0.15, 0.2) is 11.5 Å². The van der Waals surface area contributed by atoms with Gasteiger partial charge in [-0.05, 0) is 29.9 Å². The van der Waals surface area contributed by atoms with E-state index in [0.717, 1.165) is 11.5 Å². The zero-order chi connectivity index (χ0) is 10.1. The molecule has 0 aromatic heterocycles. The van der Waals surface area contributed by atoms with Gasteiger partial charge >= 0.3 is 0 Å². The first-order valence-electron chi connectivity index (χ1n) is 5.00. The van der Waals surface area contributed by atoms with Gasteiger partial charge in [0.2, 0.25) is 6.79 Å². The van der Waals surface area contributed by atoms with Crippen molar-refractivity contribution in [2.24, 2.45) is 17.8 Å². The molecule has 0 aromatic rings.